The van der Waals surface area contributed by atoms with E-state index >= 15 is 0 Å². The van der Waals surface area contributed by atoms with Gasteiger partial charge >= 0.3 is 0 Å². The highest BCUT2D eigenvalue weighted by Crippen LogP contribution is 2.31. The zero-order valence-electron chi connectivity index (χ0n) is 12.3. The number of thiazole rings is 1. The van der Waals surface area contributed by atoms with Gasteiger partial charge in [-0.05, 0) is 48.9 Å². The first-order valence-electron chi connectivity index (χ1n) is 7.11. The lowest BCUT2D eigenvalue weighted by Crippen LogP contribution is -2.15. The lowest BCUT2D eigenvalue weighted by atomic mass is 10.2. The predicted molar refractivity (Wildman–Crippen MR) is 92.1 cm³/mol. The van der Waals surface area contributed by atoms with Crippen LogP contribution in [0.15, 0.2) is 42.5 Å². The minimum Gasteiger partial charge on any atom is -0.385 e. The molecule has 1 aromatic heterocycles. The number of fused-ring (bicyclic) bond motifs is 1. The van der Waals surface area contributed by atoms with E-state index < -0.39 is 0 Å². The third-order valence-corrected chi connectivity index (χ3v) is 4.44. The van der Waals surface area contributed by atoms with Crippen LogP contribution in [0.4, 0.5) is 5.69 Å². The molecule has 0 saturated heterocycles. The Labute approximate surface area is 133 Å². The second-order valence-corrected chi connectivity index (χ2v) is 6.24. The van der Waals surface area contributed by atoms with Gasteiger partial charge in [-0.2, -0.15) is 0 Å². The van der Waals surface area contributed by atoms with Gasteiger partial charge in [-0.25, -0.2) is 4.98 Å². The molecule has 0 aliphatic heterocycles. The van der Waals surface area contributed by atoms with Crippen LogP contribution in [0.3, 0.4) is 0 Å². The van der Waals surface area contributed by atoms with Crippen molar-refractivity contribution in [1.29, 1.82) is 0 Å². The zero-order valence-corrected chi connectivity index (χ0v) is 13.1. The van der Waals surface area contributed by atoms with Crippen molar-refractivity contribution in [2.24, 2.45) is 5.73 Å². The average molecular weight is 311 g/mol. The molecule has 1 amide bonds. The number of carbonyl (C=O) groups excluding carboxylic acids is 1. The van der Waals surface area contributed by atoms with Gasteiger partial charge in [0.1, 0.15) is 5.01 Å². The molecule has 0 unspecified atom stereocenters. The second kappa shape index (κ2) is 6.15. The van der Waals surface area contributed by atoms with Crippen LogP contribution in [0.25, 0.3) is 20.8 Å². The summed E-state index contributed by atoms with van der Waals surface area (Å²) in [6, 6.07) is 14.4. The Bertz CT molecular complexity index is 808. The third-order valence-electron chi connectivity index (χ3n) is 3.38. The standard InChI is InChI=1S/C17H17N3OS/c1-11-2-7-14-15(10-11)22-17(20-14)12-3-5-13(6-4-12)19-9-8-16(18)21/h2-7,10,19H,8-9H2,1H3,(H2,18,21). The summed E-state index contributed by atoms with van der Waals surface area (Å²) in [4.78, 5) is 15.4. The number of nitrogens with one attached hydrogen (secondary N) is 1. The molecule has 0 aliphatic rings. The molecule has 3 N–H and O–H groups in total. The fourth-order valence-electron chi connectivity index (χ4n) is 2.22. The Hall–Kier alpha value is -2.40. The summed E-state index contributed by atoms with van der Waals surface area (Å²) < 4.78 is 1.21. The van der Waals surface area contributed by atoms with Crippen molar-refractivity contribution >= 4 is 33.1 Å². The Balaban J connectivity index is 1.77. The summed E-state index contributed by atoms with van der Waals surface area (Å²) in [6.07, 6.45) is 0.332. The average Bonchev–Trinajstić information content (AvgIpc) is 2.90. The van der Waals surface area contributed by atoms with Crippen LogP contribution in [0.5, 0.6) is 0 Å². The van der Waals surface area contributed by atoms with Gasteiger partial charge in [0.05, 0.1) is 10.2 Å². The summed E-state index contributed by atoms with van der Waals surface area (Å²) in [6.45, 7) is 2.64. The quantitative estimate of drug-likeness (QED) is 0.757. The van der Waals surface area contributed by atoms with Gasteiger partial charge < -0.3 is 11.1 Å². The minimum atomic E-state index is -0.297. The van der Waals surface area contributed by atoms with Crippen LogP contribution < -0.4 is 11.1 Å². The number of carbonyl (C=O) groups is 1. The molecule has 3 rings (SSSR count). The maximum Gasteiger partial charge on any atom is 0.219 e. The molecule has 1 heterocycles. The van der Waals surface area contributed by atoms with Crippen molar-refractivity contribution < 1.29 is 4.79 Å². The van der Waals surface area contributed by atoms with Gasteiger partial charge in [-0.1, -0.05) is 6.07 Å². The maximum atomic E-state index is 10.7. The van der Waals surface area contributed by atoms with E-state index in [4.69, 9.17) is 5.73 Å². The zero-order chi connectivity index (χ0) is 15.5. The topological polar surface area (TPSA) is 68.0 Å². The smallest absolute Gasteiger partial charge is 0.219 e. The molecule has 0 saturated carbocycles. The van der Waals surface area contributed by atoms with Crippen molar-refractivity contribution in [3.05, 3.63) is 48.0 Å². The van der Waals surface area contributed by atoms with Gasteiger partial charge in [-0.15, -0.1) is 11.3 Å². The van der Waals surface area contributed by atoms with Crippen LogP contribution in [0.1, 0.15) is 12.0 Å². The van der Waals surface area contributed by atoms with E-state index in [-0.39, 0.29) is 5.91 Å². The molecule has 5 heteroatoms. The lowest BCUT2D eigenvalue weighted by Gasteiger charge is -2.05. The highest BCUT2D eigenvalue weighted by molar-refractivity contribution is 7.21. The van der Waals surface area contributed by atoms with Crippen molar-refractivity contribution in [3.63, 3.8) is 0 Å². The van der Waals surface area contributed by atoms with Gasteiger partial charge in [0.25, 0.3) is 0 Å². The molecule has 112 valence electrons. The number of hydrogen-bond acceptors (Lipinski definition) is 4. The molecule has 0 aliphatic carbocycles. The number of aryl methyl sites for hydroxylation is 1. The Morgan fingerprint density at radius 2 is 2.00 bits per heavy atom. The van der Waals surface area contributed by atoms with E-state index in [2.05, 4.69) is 35.4 Å². The summed E-state index contributed by atoms with van der Waals surface area (Å²) in [5.74, 6) is -0.297. The second-order valence-electron chi connectivity index (χ2n) is 5.21. The SMILES string of the molecule is Cc1ccc2nc(-c3ccc(NCCC(N)=O)cc3)sc2c1. The predicted octanol–water partition coefficient (Wildman–Crippen LogP) is 3.56. The van der Waals surface area contributed by atoms with Crippen LogP contribution >= 0.6 is 11.3 Å². The van der Waals surface area contributed by atoms with E-state index in [0.717, 1.165) is 21.8 Å². The fourth-order valence-corrected chi connectivity index (χ4v) is 3.29. The third kappa shape index (κ3) is 3.26. The van der Waals surface area contributed by atoms with E-state index in [1.54, 1.807) is 11.3 Å². The molecule has 0 spiro atoms. The molecule has 0 bridgehead atoms. The Morgan fingerprint density at radius 3 is 2.73 bits per heavy atom. The van der Waals surface area contributed by atoms with Crippen molar-refractivity contribution in [2.45, 2.75) is 13.3 Å². The van der Waals surface area contributed by atoms with Crippen LogP contribution in [0, 0.1) is 6.92 Å². The first-order valence-corrected chi connectivity index (χ1v) is 7.93. The summed E-state index contributed by atoms with van der Waals surface area (Å²) in [5, 5.41) is 4.19. The monoisotopic (exact) mass is 311 g/mol. The Morgan fingerprint density at radius 1 is 1.23 bits per heavy atom. The van der Waals surface area contributed by atoms with E-state index in [9.17, 15) is 4.79 Å². The maximum absolute atomic E-state index is 10.7. The number of nitrogens with zero attached hydrogens (tertiary/aromatic N) is 1. The fraction of sp³-hybridized carbons (Fsp3) is 0.176. The molecule has 3 aromatic rings. The highest BCUT2D eigenvalue weighted by Gasteiger charge is 2.06. The number of amides is 1. The molecular weight excluding hydrogens is 294 g/mol. The van der Waals surface area contributed by atoms with Crippen LogP contribution in [-0.2, 0) is 4.79 Å². The molecular formula is C17H17N3OS. The van der Waals surface area contributed by atoms with Gasteiger partial charge in [-0.3, -0.25) is 4.79 Å². The van der Waals surface area contributed by atoms with Gasteiger partial charge in [0.2, 0.25) is 5.91 Å². The summed E-state index contributed by atoms with van der Waals surface area (Å²) in [7, 11) is 0. The van der Waals surface area contributed by atoms with Crippen molar-refractivity contribution in [2.75, 3.05) is 11.9 Å². The largest absolute Gasteiger partial charge is 0.385 e. The molecule has 0 atom stereocenters. The molecule has 0 fully saturated rings. The molecule has 22 heavy (non-hydrogen) atoms. The highest BCUT2D eigenvalue weighted by atomic mass is 32.1. The molecule has 0 radical (unpaired) electrons. The summed E-state index contributed by atoms with van der Waals surface area (Å²) >= 11 is 1.70. The first kappa shape index (κ1) is 14.5. The minimum absolute atomic E-state index is 0.297. The molecule has 2 aromatic carbocycles. The van der Waals surface area contributed by atoms with E-state index in [1.165, 1.54) is 10.3 Å². The Kier molecular flexibility index (Phi) is 4.06. The number of primary amides is 1. The van der Waals surface area contributed by atoms with Crippen LogP contribution in [-0.4, -0.2) is 17.4 Å². The number of nitrogens with two attached hydrogens (primary N) is 1. The number of rotatable bonds is 5. The number of hydrogen-bond donors (Lipinski definition) is 2. The number of aromatic nitrogens is 1. The normalized spacial score (nSPS) is 10.8. The number of benzene rings is 2. The van der Waals surface area contributed by atoms with E-state index in [1.807, 2.05) is 24.3 Å². The summed E-state index contributed by atoms with van der Waals surface area (Å²) in [5.41, 5.74) is 9.47. The number of anilines is 1. The van der Waals surface area contributed by atoms with Crippen LogP contribution in [0.2, 0.25) is 0 Å². The van der Waals surface area contributed by atoms with Gasteiger partial charge in [0, 0.05) is 24.2 Å². The van der Waals surface area contributed by atoms with Gasteiger partial charge in [0.15, 0.2) is 0 Å². The van der Waals surface area contributed by atoms with Crippen molar-refractivity contribution in [1.82, 2.24) is 4.98 Å². The molecule has 4 nitrogen and oxygen atoms in total. The van der Waals surface area contributed by atoms with Crippen molar-refractivity contribution in [3.8, 4) is 10.6 Å². The van der Waals surface area contributed by atoms with E-state index in [0.29, 0.717) is 13.0 Å². The lowest BCUT2D eigenvalue weighted by molar-refractivity contribution is -0.117. The first-order chi connectivity index (χ1) is 10.6.